The zero-order valence-corrected chi connectivity index (χ0v) is 16.8. The second-order valence-electron chi connectivity index (χ2n) is 7.42. The van der Waals surface area contributed by atoms with Gasteiger partial charge in [0.1, 0.15) is 11.6 Å². The quantitative estimate of drug-likeness (QED) is 0.640. The Kier molecular flexibility index (Phi) is 6.26. The smallest absolute Gasteiger partial charge is 0.254 e. The molecule has 29 heavy (non-hydrogen) atoms. The molecule has 0 spiro atoms. The summed E-state index contributed by atoms with van der Waals surface area (Å²) in [6.45, 7) is 4.33. The third-order valence-corrected chi connectivity index (χ3v) is 4.60. The summed E-state index contributed by atoms with van der Waals surface area (Å²) < 4.78 is 15.6. The van der Waals surface area contributed by atoms with Crippen LogP contribution in [0.5, 0.6) is 0 Å². The molecule has 2 aromatic carbocycles. The number of carbonyl (C=O) groups excluding carboxylic acids is 2. The number of hydrogen-bond donors (Lipinski definition) is 2. The first kappa shape index (κ1) is 20.5. The molecule has 3 aromatic rings. The summed E-state index contributed by atoms with van der Waals surface area (Å²) in [6.07, 6.45) is 0.966. The third kappa shape index (κ3) is 4.99. The normalized spacial score (nSPS) is 11.1. The molecular formula is C22H25FN4O2. The van der Waals surface area contributed by atoms with Crippen LogP contribution < -0.4 is 10.6 Å². The number of rotatable bonds is 7. The molecular weight excluding hydrogens is 371 g/mol. The number of amides is 2. The fraction of sp³-hybridized carbons (Fsp3) is 0.318. The highest BCUT2D eigenvalue weighted by Crippen LogP contribution is 2.20. The van der Waals surface area contributed by atoms with E-state index in [-0.39, 0.29) is 11.5 Å². The highest BCUT2D eigenvalue weighted by molar-refractivity contribution is 5.94. The molecule has 0 saturated heterocycles. The molecule has 0 radical (unpaired) electrons. The number of nitrogens with one attached hydrogen (secondary N) is 2. The van der Waals surface area contributed by atoms with Gasteiger partial charge in [-0.1, -0.05) is 26.0 Å². The van der Waals surface area contributed by atoms with Gasteiger partial charge in [-0.05, 0) is 36.2 Å². The van der Waals surface area contributed by atoms with E-state index >= 15 is 0 Å². The van der Waals surface area contributed by atoms with E-state index in [9.17, 15) is 14.0 Å². The van der Waals surface area contributed by atoms with Gasteiger partial charge >= 0.3 is 0 Å². The van der Waals surface area contributed by atoms with Crippen molar-refractivity contribution in [3.8, 4) is 0 Å². The minimum absolute atomic E-state index is 0.0219. The second kappa shape index (κ2) is 8.86. The molecule has 152 valence electrons. The fourth-order valence-corrected chi connectivity index (χ4v) is 3.16. The van der Waals surface area contributed by atoms with Crippen molar-refractivity contribution in [3.63, 3.8) is 0 Å². The molecule has 0 aliphatic rings. The second-order valence-corrected chi connectivity index (χ2v) is 7.42. The minimum atomic E-state index is -0.542. The number of fused-ring (bicyclic) bond motifs is 1. The average molecular weight is 396 g/mol. The van der Waals surface area contributed by atoms with Gasteiger partial charge in [-0.3, -0.25) is 9.59 Å². The molecule has 0 unspecified atom stereocenters. The molecule has 1 aromatic heterocycles. The zero-order valence-electron chi connectivity index (χ0n) is 16.8. The molecule has 6 nitrogen and oxygen atoms in total. The van der Waals surface area contributed by atoms with Crippen LogP contribution in [0.2, 0.25) is 0 Å². The Hall–Kier alpha value is -3.22. The molecule has 0 aliphatic carbocycles. The standard InChI is InChI=1S/C22H25FN4O2/c1-14(2)12-21(28)25-15-8-9-19-18(13-15)26-20(27(19)3)10-11-24-22(29)16-6-4-5-7-17(16)23/h4-9,13-14H,10-12H2,1-3H3,(H,24,29)(H,25,28). The fourth-order valence-electron chi connectivity index (χ4n) is 3.16. The Bertz CT molecular complexity index is 1040. The van der Waals surface area contributed by atoms with Crippen molar-refractivity contribution in [3.05, 3.63) is 59.7 Å². The maximum absolute atomic E-state index is 13.7. The number of halogens is 1. The number of aromatic nitrogens is 2. The van der Waals surface area contributed by atoms with Crippen LogP contribution in [-0.4, -0.2) is 27.9 Å². The van der Waals surface area contributed by atoms with Crippen LogP contribution in [0.15, 0.2) is 42.5 Å². The van der Waals surface area contributed by atoms with Gasteiger partial charge < -0.3 is 15.2 Å². The molecule has 2 N–H and O–H groups in total. The van der Waals surface area contributed by atoms with Crippen LogP contribution in [0.3, 0.4) is 0 Å². The Morgan fingerprint density at radius 1 is 1.17 bits per heavy atom. The van der Waals surface area contributed by atoms with Gasteiger partial charge in [0.15, 0.2) is 0 Å². The Balaban J connectivity index is 1.65. The summed E-state index contributed by atoms with van der Waals surface area (Å²) in [6, 6.07) is 11.5. The monoisotopic (exact) mass is 396 g/mol. The van der Waals surface area contributed by atoms with E-state index in [2.05, 4.69) is 15.6 Å². The van der Waals surface area contributed by atoms with Gasteiger partial charge in [0.05, 0.1) is 16.6 Å². The number of aryl methyl sites for hydroxylation is 1. The molecule has 2 amide bonds. The summed E-state index contributed by atoms with van der Waals surface area (Å²) in [5.41, 5.74) is 2.44. The van der Waals surface area contributed by atoms with Crippen LogP contribution in [0.4, 0.5) is 10.1 Å². The van der Waals surface area contributed by atoms with Crippen molar-refractivity contribution in [1.82, 2.24) is 14.9 Å². The van der Waals surface area contributed by atoms with Crippen LogP contribution in [0.1, 0.15) is 36.5 Å². The van der Waals surface area contributed by atoms with E-state index in [0.717, 1.165) is 16.9 Å². The highest BCUT2D eigenvalue weighted by Gasteiger charge is 2.13. The molecule has 3 rings (SSSR count). The van der Waals surface area contributed by atoms with E-state index in [0.29, 0.717) is 31.0 Å². The van der Waals surface area contributed by atoms with Crippen molar-refractivity contribution in [2.24, 2.45) is 13.0 Å². The van der Waals surface area contributed by atoms with Gasteiger partial charge in [-0.2, -0.15) is 0 Å². The average Bonchev–Trinajstić information content (AvgIpc) is 2.96. The van der Waals surface area contributed by atoms with Crippen LogP contribution in [0.25, 0.3) is 11.0 Å². The number of hydrogen-bond acceptors (Lipinski definition) is 3. The van der Waals surface area contributed by atoms with E-state index in [4.69, 9.17) is 0 Å². The number of benzene rings is 2. The van der Waals surface area contributed by atoms with Crippen molar-refractivity contribution in [2.75, 3.05) is 11.9 Å². The van der Waals surface area contributed by atoms with Gasteiger partial charge in [-0.15, -0.1) is 0 Å². The van der Waals surface area contributed by atoms with Crippen molar-refractivity contribution in [1.29, 1.82) is 0 Å². The zero-order chi connectivity index (χ0) is 21.0. The lowest BCUT2D eigenvalue weighted by molar-refractivity contribution is -0.116. The van der Waals surface area contributed by atoms with Gasteiger partial charge in [0.25, 0.3) is 5.91 Å². The first-order valence-corrected chi connectivity index (χ1v) is 9.63. The largest absolute Gasteiger partial charge is 0.351 e. The van der Waals surface area contributed by atoms with Gasteiger partial charge in [0, 0.05) is 32.1 Å². The maximum atomic E-state index is 13.7. The predicted molar refractivity (Wildman–Crippen MR) is 111 cm³/mol. The lowest BCUT2D eigenvalue weighted by atomic mass is 10.1. The third-order valence-electron chi connectivity index (χ3n) is 4.60. The summed E-state index contributed by atoms with van der Waals surface area (Å²) in [4.78, 5) is 28.7. The highest BCUT2D eigenvalue weighted by atomic mass is 19.1. The number of anilines is 1. The molecule has 0 bridgehead atoms. The molecule has 0 saturated carbocycles. The number of nitrogens with zero attached hydrogens (tertiary/aromatic N) is 2. The van der Waals surface area contributed by atoms with Crippen molar-refractivity contribution in [2.45, 2.75) is 26.7 Å². The van der Waals surface area contributed by atoms with Crippen LogP contribution in [-0.2, 0) is 18.3 Å². The van der Waals surface area contributed by atoms with Crippen LogP contribution >= 0.6 is 0 Å². The lowest BCUT2D eigenvalue weighted by Gasteiger charge is -2.07. The Labute approximate surface area is 169 Å². The summed E-state index contributed by atoms with van der Waals surface area (Å²) in [7, 11) is 1.90. The van der Waals surface area contributed by atoms with E-state index in [1.165, 1.54) is 12.1 Å². The molecule has 0 atom stereocenters. The van der Waals surface area contributed by atoms with Crippen LogP contribution in [0, 0.1) is 11.7 Å². The molecule has 0 aliphatic heterocycles. The molecule has 7 heteroatoms. The summed E-state index contributed by atoms with van der Waals surface area (Å²) in [5.74, 6) is 0.0717. The first-order valence-electron chi connectivity index (χ1n) is 9.63. The van der Waals surface area contributed by atoms with Crippen molar-refractivity contribution >= 4 is 28.5 Å². The maximum Gasteiger partial charge on any atom is 0.254 e. The number of carbonyl (C=O) groups is 2. The predicted octanol–water partition coefficient (Wildman–Crippen LogP) is 3.67. The summed E-state index contributed by atoms with van der Waals surface area (Å²) in [5, 5.41) is 5.62. The Morgan fingerprint density at radius 2 is 1.93 bits per heavy atom. The van der Waals surface area contributed by atoms with E-state index in [1.54, 1.807) is 12.1 Å². The van der Waals surface area contributed by atoms with Gasteiger partial charge in [0.2, 0.25) is 5.91 Å². The van der Waals surface area contributed by atoms with Crippen molar-refractivity contribution < 1.29 is 14.0 Å². The lowest BCUT2D eigenvalue weighted by Crippen LogP contribution is -2.27. The first-order chi connectivity index (χ1) is 13.8. The SMILES string of the molecule is CC(C)CC(=O)Nc1ccc2c(c1)nc(CCNC(=O)c1ccccc1F)n2C. The molecule has 0 fully saturated rings. The van der Waals surface area contributed by atoms with Gasteiger partial charge in [-0.25, -0.2) is 9.37 Å². The summed E-state index contributed by atoms with van der Waals surface area (Å²) >= 11 is 0. The Morgan fingerprint density at radius 3 is 2.66 bits per heavy atom. The minimum Gasteiger partial charge on any atom is -0.351 e. The number of imidazole rings is 1. The van der Waals surface area contributed by atoms with E-state index in [1.807, 2.05) is 43.7 Å². The van der Waals surface area contributed by atoms with E-state index < -0.39 is 11.7 Å². The topological polar surface area (TPSA) is 76.0 Å². The molecule has 1 heterocycles.